The Balaban J connectivity index is 0. The van der Waals surface area contributed by atoms with Crippen LogP contribution in [-0.4, -0.2) is 49.6 Å². The normalized spacial score (nSPS) is 11.7. The quantitative estimate of drug-likeness (QED) is 0.313. The van der Waals surface area contributed by atoms with Crippen molar-refractivity contribution >= 4 is 29.9 Å². The summed E-state index contributed by atoms with van der Waals surface area (Å²) < 4.78 is 0. The van der Waals surface area contributed by atoms with E-state index in [0.29, 0.717) is 12.1 Å². The van der Waals surface area contributed by atoms with Crippen LogP contribution in [-0.2, 0) is 0 Å². The van der Waals surface area contributed by atoms with Crippen molar-refractivity contribution in [3.05, 3.63) is 12.7 Å². The van der Waals surface area contributed by atoms with Crippen LogP contribution in [0.4, 0.5) is 0 Å². The zero-order valence-electron chi connectivity index (χ0n) is 12.4. The maximum Gasteiger partial charge on any atom is 0.191 e. The molecule has 5 heteroatoms. The molecule has 0 atom stereocenters. The van der Waals surface area contributed by atoms with Gasteiger partial charge in [-0.2, -0.15) is 0 Å². The summed E-state index contributed by atoms with van der Waals surface area (Å²) in [5.74, 6) is 0.831. The summed E-state index contributed by atoms with van der Waals surface area (Å²) in [5.41, 5.74) is 0. The molecule has 2 N–H and O–H groups in total. The van der Waals surface area contributed by atoms with Crippen LogP contribution in [0.2, 0.25) is 0 Å². The molecule has 0 rings (SSSR count). The third-order valence-corrected chi connectivity index (χ3v) is 2.63. The maximum atomic E-state index is 4.14. The van der Waals surface area contributed by atoms with E-state index < -0.39 is 0 Å². The standard InChI is InChI=1S/C13H28N4.HI/c1-7-8-15-13(14-6)16-9-10-17(11(2)3)12(4)5;/h7,11-12H,1,8-10H2,2-6H3,(H2,14,15,16);1H. The second-order valence-corrected chi connectivity index (χ2v) is 4.59. The first-order valence-electron chi connectivity index (χ1n) is 6.34. The lowest BCUT2D eigenvalue weighted by Crippen LogP contribution is -2.45. The molecule has 0 aliphatic carbocycles. The smallest absolute Gasteiger partial charge is 0.191 e. The molecule has 0 aromatic heterocycles. The number of guanidine groups is 1. The number of hydrogen-bond acceptors (Lipinski definition) is 2. The number of hydrogen-bond donors (Lipinski definition) is 2. The van der Waals surface area contributed by atoms with Gasteiger partial charge in [-0.05, 0) is 27.7 Å². The molecule has 0 unspecified atom stereocenters. The van der Waals surface area contributed by atoms with E-state index in [0.717, 1.165) is 25.6 Å². The Morgan fingerprint density at radius 2 is 1.78 bits per heavy atom. The topological polar surface area (TPSA) is 39.7 Å². The van der Waals surface area contributed by atoms with Gasteiger partial charge in [0, 0.05) is 38.8 Å². The summed E-state index contributed by atoms with van der Waals surface area (Å²) in [6.07, 6.45) is 1.82. The summed E-state index contributed by atoms with van der Waals surface area (Å²) in [5, 5.41) is 6.45. The van der Waals surface area contributed by atoms with Gasteiger partial charge in [-0.1, -0.05) is 6.08 Å². The number of nitrogens with zero attached hydrogens (tertiary/aromatic N) is 2. The van der Waals surface area contributed by atoms with Crippen LogP contribution >= 0.6 is 24.0 Å². The zero-order valence-corrected chi connectivity index (χ0v) is 14.7. The van der Waals surface area contributed by atoms with E-state index in [2.05, 4.69) is 54.8 Å². The first kappa shape index (κ1) is 20.0. The predicted molar refractivity (Wildman–Crippen MR) is 92.0 cm³/mol. The Kier molecular flexibility index (Phi) is 13.1. The molecule has 4 nitrogen and oxygen atoms in total. The van der Waals surface area contributed by atoms with E-state index in [1.807, 2.05) is 6.08 Å². The zero-order chi connectivity index (χ0) is 13.3. The molecule has 0 aromatic carbocycles. The summed E-state index contributed by atoms with van der Waals surface area (Å²) in [4.78, 5) is 6.59. The molecule has 0 saturated carbocycles. The monoisotopic (exact) mass is 368 g/mol. The third-order valence-electron chi connectivity index (χ3n) is 2.63. The molecule has 0 fully saturated rings. The molecule has 0 amide bonds. The van der Waals surface area contributed by atoms with E-state index >= 15 is 0 Å². The SMILES string of the molecule is C=CCNC(=NC)NCCN(C(C)C)C(C)C.I. The van der Waals surface area contributed by atoms with Crippen molar-refractivity contribution in [2.75, 3.05) is 26.7 Å². The van der Waals surface area contributed by atoms with Crippen molar-refractivity contribution in [3.8, 4) is 0 Å². The van der Waals surface area contributed by atoms with E-state index in [-0.39, 0.29) is 24.0 Å². The van der Waals surface area contributed by atoms with Crippen LogP contribution in [0.25, 0.3) is 0 Å². The molecule has 0 saturated heterocycles. The van der Waals surface area contributed by atoms with E-state index in [9.17, 15) is 0 Å². The lowest BCUT2D eigenvalue weighted by Gasteiger charge is -2.30. The van der Waals surface area contributed by atoms with Gasteiger partial charge in [-0.25, -0.2) is 0 Å². The van der Waals surface area contributed by atoms with Crippen LogP contribution in [0.3, 0.4) is 0 Å². The fraction of sp³-hybridized carbons (Fsp3) is 0.769. The molecule has 0 bridgehead atoms. The lowest BCUT2D eigenvalue weighted by atomic mass is 10.2. The summed E-state index contributed by atoms with van der Waals surface area (Å²) >= 11 is 0. The van der Waals surface area contributed by atoms with Crippen molar-refractivity contribution in [1.29, 1.82) is 0 Å². The van der Waals surface area contributed by atoms with Crippen LogP contribution < -0.4 is 10.6 Å². The van der Waals surface area contributed by atoms with Crippen LogP contribution in [0.1, 0.15) is 27.7 Å². The van der Waals surface area contributed by atoms with Crippen molar-refractivity contribution in [2.45, 2.75) is 39.8 Å². The summed E-state index contributed by atoms with van der Waals surface area (Å²) in [6.45, 7) is 15.2. The van der Waals surface area contributed by atoms with Crippen LogP contribution in [0, 0.1) is 0 Å². The van der Waals surface area contributed by atoms with Crippen LogP contribution in [0.5, 0.6) is 0 Å². The Hall–Kier alpha value is -0.300. The average Bonchev–Trinajstić information content (AvgIpc) is 2.27. The molecular weight excluding hydrogens is 339 g/mol. The summed E-state index contributed by atoms with van der Waals surface area (Å²) in [6, 6.07) is 1.14. The van der Waals surface area contributed by atoms with Gasteiger partial charge in [0.05, 0.1) is 0 Å². The molecule has 108 valence electrons. The summed E-state index contributed by atoms with van der Waals surface area (Å²) in [7, 11) is 1.78. The minimum Gasteiger partial charge on any atom is -0.355 e. The molecule has 0 radical (unpaired) electrons. The minimum atomic E-state index is 0. The molecule has 0 aliphatic rings. The van der Waals surface area contributed by atoms with Gasteiger partial charge in [-0.15, -0.1) is 30.6 Å². The molecular formula is C13H29IN4. The predicted octanol–water partition coefficient (Wildman–Crippen LogP) is 2.07. The van der Waals surface area contributed by atoms with Crippen molar-refractivity contribution in [1.82, 2.24) is 15.5 Å². The Morgan fingerprint density at radius 3 is 2.17 bits per heavy atom. The second kappa shape index (κ2) is 11.8. The highest BCUT2D eigenvalue weighted by Crippen LogP contribution is 2.02. The van der Waals surface area contributed by atoms with E-state index in [4.69, 9.17) is 0 Å². The van der Waals surface area contributed by atoms with Gasteiger partial charge < -0.3 is 10.6 Å². The minimum absolute atomic E-state index is 0. The highest BCUT2D eigenvalue weighted by atomic mass is 127. The highest BCUT2D eigenvalue weighted by molar-refractivity contribution is 14.0. The van der Waals surface area contributed by atoms with Gasteiger partial charge in [0.25, 0.3) is 0 Å². The molecule has 0 aliphatic heterocycles. The Labute approximate surface area is 129 Å². The van der Waals surface area contributed by atoms with Crippen molar-refractivity contribution < 1.29 is 0 Å². The fourth-order valence-electron chi connectivity index (χ4n) is 1.81. The van der Waals surface area contributed by atoms with Crippen molar-refractivity contribution in [3.63, 3.8) is 0 Å². The second-order valence-electron chi connectivity index (χ2n) is 4.59. The third kappa shape index (κ3) is 8.74. The first-order valence-corrected chi connectivity index (χ1v) is 6.34. The molecule has 0 aromatic rings. The van der Waals surface area contributed by atoms with E-state index in [1.165, 1.54) is 0 Å². The van der Waals surface area contributed by atoms with Gasteiger partial charge in [-0.3, -0.25) is 9.89 Å². The average molecular weight is 368 g/mol. The van der Waals surface area contributed by atoms with E-state index in [1.54, 1.807) is 7.05 Å². The number of nitrogens with one attached hydrogen (secondary N) is 2. The van der Waals surface area contributed by atoms with Crippen LogP contribution in [0.15, 0.2) is 17.6 Å². The Bertz CT molecular complexity index is 231. The number of halogens is 1. The number of rotatable bonds is 7. The van der Waals surface area contributed by atoms with Gasteiger partial charge in [0.1, 0.15) is 0 Å². The van der Waals surface area contributed by atoms with Crippen molar-refractivity contribution in [2.24, 2.45) is 4.99 Å². The van der Waals surface area contributed by atoms with Gasteiger partial charge in [0.15, 0.2) is 5.96 Å². The fourth-order valence-corrected chi connectivity index (χ4v) is 1.81. The lowest BCUT2D eigenvalue weighted by molar-refractivity contribution is 0.178. The number of aliphatic imine (C=N–C) groups is 1. The molecule has 0 spiro atoms. The molecule has 0 heterocycles. The Morgan fingerprint density at radius 1 is 1.22 bits per heavy atom. The first-order chi connectivity index (χ1) is 8.02. The highest BCUT2D eigenvalue weighted by Gasteiger charge is 2.12. The van der Waals surface area contributed by atoms with Gasteiger partial charge in [0.2, 0.25) is 0 Å². The maximum absolute atomic E-state index is 4.14. The van der Waals surface area contributed by atoms with Gasteiger partial charge >= 0.3 is 0 Å². The molecule has 18 heavy (non-hydrogen) atoms. The largest absolute Gasteiger partial charge is 0.355 e.